The van der Waals surface area contributed by atoms with Gasteiger partial charge in [0.2, 0.25) is 0 Å². The Morgan fingerprint density at radius 1 is 0.915 bits per heavy atom. The largest absolute Gasteiger partial charge is 0.490 e. The van der Waals surface area contributed by atoms with E-state index in [-0.39, 0.29) is 30.6 Å². The summed E-state index contributed by atoms with van der Waals surface area (Å²) < 4.78 is 57.6. The van der Waals surface area contributed by atoms with Crippen LogP contribution in [0.25, 0.3) is 0 Å². The number of piperazine rings is 1. The second-order valence-corrected chi connectivity index (χ2v) is 12.1. The topological polar surface area (TPSA) is 95.1 Å². The number of ether oxygens (including phenoxy) is 3. The first kappa shape index (κ1) is 32.2. The second-order valence-electron chi connectivity index (χ2n) is 12.1. The van der Waals surface area contributed by atoms with E-state index in [0.29, 0.717) is 36.9 Å². The van der Waals surface area contributed by atoms with Gasteiger partial charge >= 0.3 is 18.0 Å². The van der Waals surface area contributed by atoms with Crippen molar-refractivity contribution >= 4 is 11.5 Å². The number of fused-ring (bicyclic) bond motifs is 1. The van der Waals surface area contributed by atoms with E-state index in [1.165, 1.54) is 18.3 Å². The van der Waals surface area contributed by atoms with Crippen LogP contribution < -0.4 is 19.1 Å². The van der Waals surface area contributed by atoms with Gasteiger partial charge in [-0.25, -0.2) is 0 Å². The van der Waals surface area contributed by atoms with E-state index in [0.717, 1.165) is 48.8 Å². The van der Waals surface area contributed by atoms with Gasteiger partial charge in [-0.1, -0.05) is 24.3 Å². The molecule has 0 amide bonds. The molecular weight excluding hydrogens is 615 g/mol. The Bertz CT molecular complexity index is 1660. The van der Waals surface area contributed by atoms with Crippen LogP contribution in [0.1, 0.15) is 37.0 Å². The molecule has 0 radical (unpaired) electrons. The number of halogens is 3. The molecule has 13 heteroatoms. The minimum absolute atomic E-state index is 0.192. The van der Waals surface area contributed by atoms with E-state index in [1.54, 1.807) is 4.57 Å². The molecule has 248 valence electrons. The fourth-order valence-corrected chi connectivity index (χ4v) is 5.92. The van der Waals surface area contributed by atoms with E-state index in [9.17, 15) is 23.3 Å². The standard InChI is InChI=1S/C34H36F3N5O5/c1-23-18-41(28-9-13-30(14-10-28)46-22-31-15-16-39-20-32(42(43)44)38-33(39)47-31)24(2)17-40(23)19-25-5-11-29(12-6-25)45-21-26-3-7-27(8-4-26)34(35,36)37/h3-14,20,23-24,31H,15-19,21-22H2,1-2H3/t23-,24+,31+/m1/s1. The molecule has 0 aliphatic carbocycles. The first-order valence-electron chi connectivity index (χ1n) is 15.5. The highest BCUT2D eigenvalue weighted by Crippen LogP contribution is 2.30. The first-order valence-corrected chi connectivity index (χ1v) is 15.5. The van der Waals surface area contributed by atoms with E-state index in [4.69, 9.17) is 14.2 Å². The lowest BCUT2D eigenvalue weighted by Crippen LogP contribution is -2.56. The number of hydrogen-bond acceptors (Lipinski definition) is 8. The van der Waals surface area contributed by atoms with Gasteiger partial charge in [0.15, 0.2) is 0 Å². The maximum absolute atomic E-state index is 12.8. The van der Waals surface area contributed by atoms with Crippen molar-refractivity contribution in [2.24, 2.45) is 0 Å². The summed E-state index contributed by atoms with van der Waals surface area (Å²) in [5.74, 6) is 1.17. The Balaban J connectivity index is 0.963. The Kier molecular flexibility index (Phi) is 9.26. The number of imidazole rings is 1. The summed E-state index contributed by atoms with van der Waals surface area (Å²) in [6.45, 7) is 8.08. The fraction of sp³-hybridized carbons (Fsp3) is 0.382. The summed E-state index contributed by atoms with van der Waals surface area (Å²) in [6.07, 6.45) is -2.53. The van der Waals surface area contributed by atoms with Gasteiger partial charge in [-0.15, -0.1) is 0 Å². The lowest BCUT2D eigenvalue weighted by molar-refractivity contribution is -0.389. The number of nitro groups is 1. The van der Waals surface area contributed by atoms with Crippen molar-refractivity contribution < 1.29 is 32.3 Å². The average molecular weight is 652 g/mol. The maximum atomic E-state index is 12.8. The van der Waals surface area contributed by atoms with Crippen LogP contribution in [0.2, 0.25) is 0 Å². The second kappa shape index (κ2) is 13.5. The van der Waals surface area contributed by atoms with Crippen molar-refractivity contribution in [2.45, 2.75) is 64.3 Å². The summed E-state index contributed by atoms with van der Waals surface area (Å²) in [5.41, 5.74) is 2.28. The number of alkyl halides is 3. The minimum Gasteiger partial charge on any atom is -0.490 e. The van der Waals surface area contributed by atoms with Crippen LogP contribution in [0.15, 0.2) is 79.0 Å². The molecule has 2 aliphatic rings. The normalized spacial score (nSPS) is 19.9. The number of anilines is 1. The summed E-state index contributed by atoms with van der Waals surface area (Å²) >= 11 is 0. The molecule has 4 aromatic rings. The Labute approximate surface area is 270 Å². The highest BCUT2D eigenvalue weighted by atomic mass is 19.4. The monoisotopic (exact) mass is 651 g/mol. The van der Waals surface area contributed by atoms with E-state index in [1.807, 2.05) is 36.4 Å². The van der Waals surface area contributed by atoms with Gasteiger partial charge in [-0.2, -0.15) is 13.2 Å². The minimum atomic E-state index is -4.35. The first-order chi connectivity index (χ1) is 22.5. The molecular formula is C34H36F3N5O5. The number of benzene rings is 3. The maximum Gasteiger partial charge on any atom is 0.416 e. The van der Waals surface area contributed by atoms with Crippen LogP contribution in [0.3, 0.4) is 0 Å². The van der Waals surface area contributed by atoms with Gasteiger partial charge in [-0.3, -0.25) is 9.47 Å². The zero-order valence-electron chi connectivity index (χ0n) is 26.1. The highest BCUT2D eigenvalue weighted by Gasteiger charge is 2.31. The average Bonchev–Trinajstić information content (AvgIpc) is 3.49. The molecule has 2 aliphatic heterocycles. The molecule has 1 fully saturated rings. The van der Waals surface area contributed by atoms with E-state index in [2.05, 4.69) is 40.8 Å². The van der Waals surface area contributed by atoms with Crippen LogP contribution >= 0.6 is 0 Å². The van der Waals surface area contributed by atoms with Crippen molar-refractivity contribution in [1.82, 2.24) is 14.5 Å². The van der Waals surface area contributed by atoms with E-state index >= 15 is 0 Å². The molecule has 0 unspecified atom stereocenters. The summed E-state index contributed by atoms with van der Waals surface area (Å²) in [4.78, 5) is 19.3. The quantitative estimate of drug-likeness (QED) is 0.138. The molecule has 47 heavy (non-hydrogen) atoms. The molecule has 1 saturated heterocycles. The zero-order valence-corrected chi connectivity index (χ0v) is 26.1. The number of aromatic nitrogens is 2. The van der Waals surface area contributed by atoms with Gasteiger partial charge in [0, 0.05) is 55.4 Å². The predicted molar refractivity (Wildman–Crippen MR) is 169 cm³/mol. The lowest BCUT2D eigenvalue weighted by atomic mass is 10.1. The Hall–Kier alpha value is -4.78. The SMILES string of the molecule is C[C@@H]1CN(c2ccc(OC[C@@H]3CCn4cc([N+](=O)[O-])nc4O3)cc2)[C@@H](C)CN1Cc1ccc(OCc2ccc(C(F)(F)F)cc2)cc1. The Morgan fingerprint density at radius 2 is 1.57 bits per heavy atom. The van der Waals surface area contributed by atoms with Crippen LogP contribution in [-0.2, 0) is 25.9 Å². The lowest BCUT2D eigenvalue weighted by Gasteiger charge is -2.45. The van der Waals surface area contributed by atoms with Crippen LogP contribution in [0.4, 0.5) is 24.7 Å². The van der Waals surface area contributed by atoms with Crippen LogP contribution in [0, 0.1) is 10.1 Å². The zero-order chi connectivity index (χ0) is 33.1. The van der Waals surface area contributed by atoms with Crippen molar-refractivity contribution in [3.63, 3.8) is 0 Å². The van der Waals surface area contributed by atoms with Gasteiger partial charge in [-0.05, 0) is 78.4 Å². The molecule has 0 saturated carbocycles. The van der Waals surface area contributed by atoms with Crippen molar-refractivity contribution in [1.29, 1.82) is 0 Å². The number of aryl methyl sites for hydroxylation is 1. The molecule has 10 nitrogen and oxygen atoms in total. The van der Waals surface area contributed by atoms with Gasteiger partial charge in [0.1, 0.15) is 37.0 Å². The molecule has 3 atom stereocenters. The third-order valence-corrected chi connectivity index (χ3v) is 8.59. The third kappa shape index (κ3) is 7.79. The molecule has 1 aromatic heterocycles. The number of rotatable bonds is 10. The summed E-state index contributed by atoms with van der Waals surface area (Å²) in [6, 6.07) is 21.7. The van der Waals surface area contributed by atoms with Crippen LogP contribution in [0.5, 0.6) is 17.5 Å². The predicted octanol–water partition coefficient (Wildman–Crippen LogP) is 6.72. The molecule has 6 rings (SSSR count). The number of hydrogen-bond donors (Lipinski definition) is 0. The molecule has 3 aromatic carbocycles. The van der Waals surface area contributed by atoms with Gasteiger partial charge in [0.25, 0.3) is 0 Å². The Morgan fingerprint density at radius 3 is 2.26 bits per heavy atom. The van der Waals surface area contributed by atoms with Crippen molar-refractivity contribution in [2.75, 3.05) is 24.6 Å². The van der Waals surface area contributed by atoms with Crippen LogP contribution in [-0.4, -0.2) is 57.3 Å². The summed E-state index contributed by atoms with van der Waals surface area (Å²) in [7, 11) is 0. The van der Waals surface area contributed by atoms with Gasteiger partial charge in [0.05, 0.1) is 5.56 Å². The molecule has 3 heterocycles. The van der Waals surface area contributed by atoms with Crippen molar-refractivity contribution in [3.8, 4) is 17.5 Å². The third-order valence-electron chi connectivity index (χ3n) is 8.59. The van der Waals surface area contributed by atoms with Gasteiger partial charge < -0.3 is 29.2 Å². The molecule has 0 N–H and O–H groups in total. The van der Waals surface area contributed by atoms with E-state index < -0.39 is 16.7 Å². The summed E-state index contributed by atoms with van der Waals surface area (Å²) in [5, 5.41) is 11.0. The van der Waals surface area contributed by atoms with Crippen molar-refractivity contribution in [3.05, 3.63) is 106 Å². The molecule has 0 bridgehead atoms. The molecule has 0 spiro atoms. The number of nitrogens with zero attached hydrogens (tertiary/aromatic N) is 5. The fourth-order valence-electron chi connectivity index (χ4n) is 5.92. The smallest absolute Gasteiger partial charge is 0.416 e. The highest BCUT2D eigenvalue weighted by molar-refractivity contribution is 5.50.